The number of alkyl halides is 3. The molecule has 1 saturated heterocycles. The van der Waals surface area contributed by atoms with E-state index in [2.05, 4.69) is 15.0 Å². The number of imidazole rings is 1. The van der Waals surface area contributed by atoms with Crippen LogP contribution < -0.4 is 4.74 Å². The van der Waals surface area contributed by atoms with Crippen LogP contribution in [0, 0.1) is 11.7 Å². The molecule has 4 rings (SSSR count). The molecule has 2 unspecified atom stereocenters. The van der Waals surface area contributed by atoms with E-state index in [-0.39, 0.29) is 36.5 Å². The van der Waals surface area contributed by atoms with E-state index >= 15 is 0 Å². The number of hydrogen-bond acceptors (Lipinski definition) is 6. The Balaban J connectivity index is 1.58. The molecule has 0 amide bonds. The van der Waals surface area contributed by atoms with Gasteiger partial charge in [0.1, 0.15) is 12.1 Å². The predicted octanol–water partition coefficient (Wildman–Crippen LogP) is 2.85. The summed E-state index contributed by atoms with van der Waals surface area (Å²) >= 11 is 0. The second-order valence-corrected chi connectivity index (χ2v) is 9.55. The summed E-state index contributed by atoms with van der Waals surface area (Å²) in [5.41, 5.74) is -0.462. The molecule has 0 aliphatic carbocycles. The number of aryl methyl sites for hydroxylation is 1. The van der Waals surface area contributed by atoms with Crippen LogP contribution in [0.4, 0.5) is 17.6 Å². The van der Waals surface area contributed by atoms with Crippen LogP contribution in [0.3, 0.4) is 0 Å². The van der Waals surface area contributed by atoms with Crippen LogP contribution in [0.15, 0.2) is 54.2 Å². The summed E-state index contributed by atoms with van der Waals surface area (Å²) in [6.07, 6.45) is -1.15. The van der Waals surface area contributed by atoms with Gasteiger partial charge in [0.15, 0.2) is 10.7 Å². The first kappa shape index (κ1) is 23.1. The van der Waals surface area contributed by atoms with Gasteiger partial charge in [0.2, 0.25) is 5.88 Å². The summed E-state index contributed by atoms with van der Waals surface area (Å²) in [7, 11) is -2.27. The summed E-state index contributed by atoms with van der Waals surface area (Å²) in [6, 6.07) is 6.32. The third kappa shape index (κ3) is 4.98. The van der Waals surface area contributed by atoms with Gasteiger partial charge in [0.25, 0.3) is 10.0 Å². The van der Waals surface area contributed by atoms with Gasteiger partial charge >= 0.3 is 6.18 Å². The standard InChI is InChI=1S/C20H19F4N5O3S/c1-28-9-19(27-12-28)33(30,31)29-7-14(16(8-29)13-2-4-15(21)5-3-13)10-32-18-6-17(20(22,23)24)25-11-26-18/h2-6,9,11-12,14,16H,7-8,10H2,1H3. The lowest BCUT2D eigenvalue weighted by molar-refractivity contribution is -0.141. The Bertz CT molecular complexity index is 1230. The zero-order valence-corrected chi connectivity index (χ0v) is 18.1. The van der Waals surface area contributed by atoms with E-state index < -0.39 is 33.6 Å². The van der Waals surface area contributed by atoms with Gasteiger partial charge < -0.3 is 9.30 Å². The first-order valence-electron chi connectivity index (χ1n) is 9.79. The van der Waals surface area contributed by atoms with Crippen molar-refractivity contribution in [3.8, 4) is 5.88 Å². The maximum Gasteiger partial charge on any atom is 0.433 e. The average molecular weight is 485 g/mol. The fourth-order valence-electron chi connectivity index (χ4n) is 3.70. The summed E-state index contributed by atoms with van der Waals surface area (Å²) in [4.78, 5) is 10.8. The molecule has 0 radical (unpaired) electrons. The van der Waals surface area contributed by atoms with Crippen molar-refractivity contribution in [1.29, 1.82) is 0 Å². The molecule has 0 saturated carbocycles. The van der Waals surface area contributed by atoms with Crippen LogP contribution in [0.5, 0.6) is 5.88 Å². The van der Waals surface area contributed by atoms with E-state index in [1.807, 2.05) is 0 Å². The Morgan fingerprint density at radius 2 is 1.85 bits per heavy atom. The van der Waals surface area contributed by atoms with Crippen LogP contribution in [0.25, 0.3) is 0 Å². The first-order chi connectivity index (χ1) is 15.5. The van der Waals surface area contributed by atoms with Crippen LogP contribution in [0.1, 0.15) is 17.2 Å². The molecule has 8 nitrogen and oxygen atoms in total. The molecular formula is C20H19F4N5O3S. The Labute approximate surface area is 186 Å². The third-order valence-electron chi connectivity index (χ3n) is 5.37. The molecule has 0 spiro atoms. The minimum Gasteiger partial charge on any atom is -0.477 e. The average Bonchev–Trinajstić information content (AvgIpc) is 3.40. The Kier molecular flexibility index (Phi) is 6.10. The molecule has 2 atom stereocenters. The van der Waals surface area contributed by atoms with Gasteiger partial charge in [-0.05, 0) is 17.7 Å². The van der Waals surface area contributed by atoms with Crippen molar-refractivity contribution in [2.75, 3.05) is 19.7 Å². The monoisotopic (exact) mass is 485 g/mol. The van der Waals surface area contributed by atoms with E-state index in [0.717, 1.165) is 6.33 Å². The largest absolute Gasteiger partial charge is 0.477 e. The van der Waals surface area contributed by atoms with Gasteiger partial charge in [-0.3, -0.25) is 0 Å². The summed E-state index contributed by atoms with van der Waals surface area (Å²) in [6.45, 7) is 0.0128. The van der Waals surface area contributed by atoms with Crippen LogP contribution in [0.2, 0.25) is 0 Å². The summed E-state index contributed by atoms with van der Waals surface area (Å²) in [5, 5.41) is -0.116. The number of hydrogen-bond donors (Lipinski definition) is 0. The van der Waals surface area contributed by atoms with Gasteiger partial charge in [-0.2, -0.15) is 17.5 Å². The number of rotatable bonds is 6. The molecule has 3 heterocycles. The highest BCUT2D eigenvalue weighted by Crippen LogP contribution is 2.36. The molecule has 1 aliphatic rings. The molecular weight excluding hydrogens is 466 g/mol. The zero-order valence-electron chi connectivity index (χ0n) is 17.3. The molecule has 0 N–H and O–H groups in total. The van der Waals surface area contributed by atoms with Gasteiger partial charge in [0.05, 0.1) is 12.9 Å². The van der Waals surface area contributed by atoms with E-state index in [1.165, 1.54) is 33.5 Å². The van der Waals surface area contributed by atoms with Crippen molar-refractivity contribution in [3.05, 3.63) is 66.3 Å². The van der Waals surface area contributed by atoms with E-state index in [4.69, 9.17) is 4.74 Å². The van der Waals surface area contributed by atoms with Gasteiger partial charge in [0, 0.05) is 44.2 Å². The van der Waals surface area contributed by atoms with Crippen LogP contribution in [-0.4, -0.2) is 51.9 Å². The van der Waals surface area contributed by atoms with Crippen molar-refractivity contribution in [1.82, 2.24) is 23.8 Å². The maximum absolute atomic E-state index is 13.4. The molecule has 3 aromatic rings. The second-order valence-electron chi connectivity index (χ2n) is 7.67. The number of aromatic nitrogens is 4. The Morgan fingerprint density at radius 1 is 1.12 bits per heavy atom. The molecule has 1 aliphatic heterocycles. The van der Waals surface area contributed by atoms with Crippen molar-refractivity contribution in [3.63, 3.8) is 0 Å². The van der Waals surface area contributed by atoms with E-state index in [9.17, 15) is 26.0 Å². The fraction of sp³-hybridized carbons (Fsp3) is 0.350. The Hall–Kier alpha value is -3.06. The Morgan fingerprint density at radius 3 is 2.48 bits per heavy atom. The van der Waals surface area contributed by atoms with E-state index in [1.54, 1.807) is 19.2 Å². The van der Waals surface area contributed by atoms with Crippen molar-refractivity contribution >= 4 is 10.0 Å². The molecule has 2 aromatic heterocycles. The normalized spacial score (nSPS) is 19.7. The lowest BCUT2D eigenvalue weighted by Crippen LogP contribution is -2.30. The molecule has 13 heteroatoms. The summed E-state index contributed by atoms with van der Waals surface area (Å²) < 4.78 is 86.5. The fourth-order valence-corrected chi connectivity index (χ4v) is 5.19. The number of benzene rings is 1. The molecule has 176 valence electrons. The van der Waals surface area contributed by atoms with Crippen LogP contribution >= 0.6 is 0 Å². The maximum atomic E-state index is 13.4. The van der Waals surface area contributed by atoms with Gasteiger partial charge in [-0.1, -0.05) is 12.1 Å². The molecule has 33 heavy (non-hydrogen) atoms. The number of sulfonamides is 1. The highest BCUT2D eigenvalue weighted by atomic mass is 32.2. The van der Waals surface area contributed by atoms with Crippen molar-refractivity contribution in [2.45, 2.75) is 17.1 Å². The quantitative estimate of drug-likeness (QED) is 0.499. The molecule has 1 aromatic carbocycles. The minimum absolute atomic E-state index is 0.0398. The first-order valence-corrected chi connectivity index (χ1v) is 11.2. The lowest BCUT2D eigenvalue weighted by atomic mass is 9.89. The zero-order chi connectivity index (χ0) is 23.8. The SMILES string of the molecule is Cn1cnc(S(=O)(=O)N2CC(COc3cc(C(F)(F)F)ncn3)C(c3ccc(F)cc3)C2)c1. The lowest BCUT2D eigenvalue weighted by Gasteiger charge is -2.19. The topological polar surface area (TPSA) is 90.2 Å². The second kappa shape index (κ2) is 8.71. The summed E-state index contributed by atoms with van der Waals surface area (Å²) in [5.74, 6) is -1.53. The van der Waals surface area contributed by atoms with Crippen molar-refractivity contribution < 1.29 is 30.7 Å². The highest BCUT2D eigenvalue weighted by Gasteiger charge is 2.41. The van der Waals surface area contributed by atoms with Gasteiger partial charge in [-0.25, -0.2) is 27.8 Å². The smallest absolute Gasteiger partial charge is 0.433 e. The minimum atomic E-state index is -4.65. The number of nitrogens with zero attached hydrogens (tertiary/aromatic N) is 5. The molecule has 1 fully saturated rings. The number of ether oxygens (including phenoxy) is 1. The molecule has 0 bridgehead atoms. The van der Waals surface area contributed by atoms with E-state index in [0.29, 0.717) is 11.6 Å². The third-order valence-corrected chi connectivity index (χ3v) is 7.09. The van der Waals surface area contributed by atoms with Crippen LogP contribution in [-0.2, 0) is 23.2 Å². The highest BCUT2D eigenvalue weighted by molar-refractivity contribution is 7.89. The predicted molar refractivity (Wildman–Crippen MR) is 107 cm³/mol. The van der Waals surface area contributed by atoms with Crippen molar-refractivity contribution in [2.24, 2.45) is 13.0 Å². The number of halogens is 4. The van der Waals surface area contributed by atoms with Gasteiger partial charge in [-0.15, -0.1) is 0 Å².